The number of pyridine rings is 1. The third kappa shape index (κ3) is 5.59. The Morgan fingerprint density at radius 1 is 0.897 bits per heavy atom. The van der Waals surface area contributed by atoms with Crippen LogP contribution in [0.15, 0.2) is 79.1 Å². The lowest BCUT2D eigenvalue weighted by atomic mass is 9.78. The van der Waals surface area contributed by atoms with Crippen molar-refractivity contribution >= 4 is 28.4 Å². The zero-order valence-corrected chi connectivity index (χ0v) is 22.1. The number of morpholine rings is 1. The standard InChI is InChI=1S/C32H34N4O3/c37-31(29-6-3-4-16-33-29)34-26-14-12-25(13-15-26)24-10-8-23(9-11-24)21-36-22-28(27-5-1-2-7-30(27)36)32(38)35-17-19-39-20-18-35/h1-7,12-16,22-24H,8-11,17-21H2,(H,34,37). The molecule has 7 nitrogen and oxygen atoms in total. The number of benzene rings is 2. The van der Waals surface area contributed by atoms with Crippen LogP contribution in [0.2, 0.25) is 0 Å². The van der Waals surface area contributed by atoms with Crippen molar-refractivity contribution in [3.8, 4) is 0 Å². The average molecular weight is 523 g/mol. The number of carbonyl (C=O) groups excluding carboxylic acids is 2. The maximum Gasteiger partial charge on any atom is 0.274 e. The molecule has 3 heterocycles. The third-order valence-electron chi connectivity index (χ3n) is 8.16. The van der Waals surface area contributed by atoms with Crippen molar-refractivity contribution in [2.45, 2.75) is 38.1 Å². The Kier molecular flexibility index (Phi) is 7.41. The number of anilines is 1. The number of nitrogens with one attached hydrogen (secondary N) is 1. The number of aromatic nitrogens is 2. The molecule has 1 aliphatic carbocycles. The molecule has 1 saturated heterocycles. The van der Waals surface area contributed by atoms with Gasteiger partial charge in [0.1, 0.15) is 5.69 Å². The molecule has 39 heavy (non-hydrogen) atoms. The summed E-state index contributed by atoms with van der Waals surface area (Å²) in [6.45, 7) is 3.45. The molecule has 2 aromatic heterocycles. The number of para-hydroxylation sites is 1. The van der Waals surface area contributed by atoms with E-state index in [0.717, 1.165) is 54.4 Å². The van der Waals surface area contributed by atoms with Crippen LogP contribution in [0.5, 0.6) is 0 Å². The zero-order valence-electron chi connectivity index (χ0n) is 22.1. The Morgan fingerprint density at radius 2 is 1.64 bits per heavy atom. The highest BCUT2D eigenvalue weighted by atomic mass is 16.5. The normalized spacial score (nSPS) is 19.6. The van der Waals surface area contributed by atoms with E-state index in [-0.39, 0.29) is 11.8 Å². The van der Waals surface area contributed by atoms with Crippen molar-refractivity contribution in [1.29, 1.82) is 0 Å². The minimum absolute atomic E-state index is 0.108. The number of rotatable bonds is 6. The van der Waals surface area contributed by atoms with E-state index in [9.17, 15) is 9.59 Å². The molecule has 1 N–H and O–H groups in total. The molecule has 1 aliphatic heterocycles. The number of nitrogens with zero attached hydrogens (tertiary/aromatic N) is 3. The van der Waals surface area contributed by atoms with Crippen molar-refractivity contribution in [3.05, 3.63) is 95.9 Å². The predicted octanol–water partition coefficient (Wildman–Crippen LogP) is 5.74. The van der Waals surface area contributed by atoms with E-state index < -0.39 is 0 Å². The van der Waals surface area contributed by atoms with E-state index in [1.165, 1.54) is 5.56 Å². The number of hydrogen-bond acceptors (Lipinski definition) is 4. The zero-order chi connectivity index (χ0) is 26.6. The summed E-state index contributed by atoms with van der Waals surface area (Å²) in [5, 5.41) is 3.97. The van der Waals surface area contributed by atoms with Gasteiger partial charge in [-0.15, -0.1) is 0 Å². The second-order valence-electron chi connectivity index (χ2n) is 10.6. The molecular weight excluding hydrogens is 488 g/mol. The van der Waals surface area contributed by atoms with E-state index >= 15 is 0 Å². The molecule has 2 fully saturated rings. The van der Waals surface area contributed by atoms with E-state index in [2.05, 4.69) is 51.4 Å². The molecule has 0 unspecified atom stereocenters. The molecular formula is C32H34N4O3. The van der Waals surface area contributed by atoms with Crippen LogP contribution in [0, 0.1) is 5.92 Å². The van der Waals surface area contributed by atoms with Crippen LogP contribution >= 0.6 is 0 Å². The van der Waals surface area contributed by atoms with E-state index in [4.69, 9.17) is 4.74 Å². The third-order valence-corrected chi connectivity index (χ3v) is 8.16. The van der Waals surface area contributed by atoms with Crippen molar-refractivity contribution in [3.63, 3.8) is 0 Å². The number of hydrogen-bond donors (Lipinski definition) is 1. The lowest BCUT2D eigenvalue weighted by Crippen LogP contribution is -2.40. The number of ether oxygens (including phenoxy) is 1. The average Bonchev–Trinajstić information content (AvgIpc) is 3.36. The summed E-state index contributed by atoms with van der Waals surface area (Å²) in [6, 6.07) is 21.8. The van der Waals surface area contributed by atoms with Crippen LogP contribution in [0.3, 0.4) is 0 Å². The topological polar surface area (TPSA) is 76.5 Å². The van der Waals surface area contributed by atoms with Crippen molar-refractivity contribution in [2.24, 2.45) is 5.92 Å². The van der Waals surface area contributed by atoms with Gasteiger partial charge in [0.2, 0.25) is 0 Å². The molecule has 0 bridgehead atoms. The van der Waals surface area contributed by atoms with Gasteiger partial charge in [-0.1, -0.05) is 36.4 Å². The number of fused-ring (bicyclic) bond motifs is 1. The van der Waals surface area contributed by atoms with Crippen LogP contribution in [-0.2, 0) is 11.3 Å². The van der Waals surface area contributed by atoms with E-state index in [0.29, 0.717) is 43.8 Å². The molecule has 4 aromatic rings. The van der Waals surface area contributed by atoms with Crippen molar-refractivity contribution < 1.29 is 14.3 Å². The van der Waals surface area contributed by atoms with Crippen molar-refractivity contribution in [1.82, 2.24) is 14.5 Å². The fourth-order valence-electron chi connectivity index (χ4n) is 5.99. The minimum Gasteiger partial charge on any atom is -0.378 e. The molecule has 2 amide bonds. The molecule has 7 heteroatoms. The molecule has 0 spiro atoms. The molecule has 2 aromatic carbocycles. The van der Waals surface area contributed by atoms with Crippen LogP contribution < -0.4 is 5.32 Å². The first kappa shape index (κ1) is 25.3. The Bertz CT molecular complexity index is 1430. The molecule has 2 aliphatic rings. The molecule has 6 rings (SSSR count). The van der Waals surface area contributed by atoms with Crippen LogP contribution in [0.1, 0.15) is 58.0 Å². The number of carbonyl (C=O) groups is 2. The van der Waals surface area contributed by atoms with Crippen LogP contribution in [0.25, 0.3) is 10.9 Å². The predicted molar refractivity (Wildman–Crippen MR) is 152 cm³/mol. The summed E-state index contributed by atoms with van der Waals surface area (Å²) in [4.78, 5) is 31.7. The van der Waals surface area contributed by atoms with Crippen molar-refractivity contribution in [2.75, 3.05) is 31.6 Å². The second-order valence-corrected chi connectivity index (χ2v) is 10.6. The maximum atomic E-state index is 13.3. The lowest BCUT2D eigenvalue weighted by Gasteiger charge is -2.29. The first-order valence-corrected chi connectivity index (χ1v) is 13.9. The van der Waals surface area contributed by atoms with E-state index in [1.54, 1.807) is 18.3 Å². The van der Waals surface area contributed by atoms with Gasteiger partial charge < -0.3 is 19.5 Å². The lowest BCUT2D eigenvalue weighted by molar-refractivity contribution is 0.0304. The van der Waals surface area contributed by atoms with E-state index in [1.807, 2.05) is 29.2 Å². The molecule has 0 atom stereocenters. The van der Waals surface area contributed by atoms with Gasteiger partial charge >= 0.3 is 0 Å². The van der Waals surface area contributed by atoms with Gasteiger partial charge in [-0.25, -0.2) is 0 Å². The molecule has 1 saturated carbocycles. The Labute approximate surface area is 228 Å². The summed E-state index contributed by atoms with van der Waals surface area (Å²) in [5.41, 5.74) is 4.46. The van der Waals surface area contributed by atoms with Gasteiger partial charge in [0.15, 0.2) is 0 Å². The minimum atomic E-state index is -0.198. The summed E-state index contributed by atoms with van der Waals surface area (Å²) >= 11 is 0. The SMILES string of the molecule is O=C(Nc1ccc(C2CCC(Cn3cc(C(=O)N4CCOCC4)c4ccccc43)CC2)cc1)c1ccccn1. The van der Waals surface area contributed by atoms with Gasteiger partial charge in [0.05, 0.1) is 18.8 Å². The number of amides is 2. The summed E-state index contributed by atoms with van der Waals surface area (Å²) in [6.07, 6.45) is 8.29. The van der Waals surface area contributed by atoms with Gasteiger partial charge in [0, 0.05) is 48.6 Å². The first-order chi connectivity index (χ1) is 19.2. The maximum absolute atomic E-state index is 13.3. The second kappa shape index (κ2) is 11.4. The fraction of sp³-hybridized carbons (Fsp3) is 0.344. The van der Waals surface area contributed by atoms with Crippen LogP contribution in [-0.4, -0.2) is 52.6 Å². The molecule has 0 radical (unpaired) electrons. The Hall–Kier alpha value is -3.97. The quantitative estimate of drug-likeness (QED) is 0.351. The first-order valence-electron chi connectivity index (χ1n) is 13.9. The largest absolute Gasteiger partial charge is 0.378 e. The van der Waals surface area contributed by atoms with Gasteiger partial charge in [-0.05, 0) is 73.4 Å². The molecule has 200 valence electrons. The summed E-state index contributed by atoms with van der Waals surface area (Å²) in [5.74, 6) is 1.02. The summed E-state index contributed by atoms with van der Waals surface area (Å²) in [7, 11) is 0. The Balaban J connectivity index is 1.08. The van der Waals surface area contributed by atoms with Gasteiger partial charge in [-0.3, -0.25) is 14.6 Å². The Morgan fingerprint density at radius 3 is 2.38 bits per heavy atom. The van der Waals surface area contributed by atoms with Gasteiger partial charge in [0.25, 0.3) is 11.8 Å². The van der Waals surface area contributed by atoms with Crippen LogP contribution in [0.4, 0.5) is 5.69 Å². The highest BCUT2D eigenvalue weighted by Crippen LogP contribution is 2.37. The summed E-state index contributed by atoms with van der Waals surface area (Å²) < 4.78 is 7.74. The monoisotopic (exact) mass is 522 g/mol. The van der Waals surface area contributed by atoms with Gasteiger partial charge in [-0.2, -0.15) is 0 Å². The highest BCUT2D eigenvalue weighted by molar-refractivity contribution is 6.07. The highest BCUT2D eigenvalue weighted by Gasteiger charge is 2.26. The smallest absolute Gasteiger partial charge is 0.274 e. The fourth-order valence-corrected chi connectivity index (χ4v) is 5.99.